The fraction of sp³-hybridized carbons (Fsp3) is 0.250. The Morgan fingerprint density at radius 2 is 1.62 bits per heavy atom. The lowest BCUT2D eigenvalue weighted by atomic mass is 10.1. The van der Waals surface area contributed by atoms with Crippen LogP contribution in [-0.4, -0.2) is 31.4 Å². The first-order valence-corrected chi connectivity index (χ1v) is 9.97. The summed E-state index contributed by atoms with van der Waals surface area (Å²) in [6.07, 6.45) is 0.851. The van der Waals surface area contributed by atoms with Crippen LogP contribution in [0.1, 0.15) is 19.4 Å². The second-order valence-electron chi connectivity index (χ2n) is 7.35. The van der Waals surface area contributed by atoms with Crippen molar-refractivity contribution in [2.24, 2.45) is 0 Å². The summed E-state index contributed by atoms with van der Waals surface area (Å²) < 4.78 is 0. The lowest BCUT2D eigenvalue weighted by molar-refractivity contribution is -0.885. The van der Waals surface area contributed by atoms with E-state index in [1.807, 2.05) is 80.7 Å². The fourth-order valence-electron chi connectivity index (χ4n) is 3.29. The number of fused-ring (bicyclic) bond motifs is 1. The van der Waals surface area contributed by atoms with Gasteiger partial charge in [0.05, 0.1) is 7.05 Å². The van der Waals surface area contributed by atoms with Crippen LogP contribution in [0.4, 0.5) is 11.4 Å². The molecule has 5 nitrogen and oxygen atoms in total. The summed E-state index contributed by atoms with van der Waals surface area (Å²) in [5.41, 5.74) is 2.69. The van der Waals surface area contributed by atoms with E-state index in [-0.39, 0.29) is 24.4 Å². The van der Waals surface area contributed by atoms with Crippen LogP contribution in [0, 0.1) is 0 Å². The van der Waals surface area contributed by atoms with Gasteiger partial charge in [0.15, 0.2) is 12.6 Å². The normalized spacial score (nSPS) is 12.9. The summed E-state index contributed by atoms with van der Waals surface area (Å²) in [6.45, 7) is 4.10. The maximum absolute atomic E-state index is 12.7. The average molecular weight is 391 g/mol. The van der Waals surface area contributed by atoms with Gasteiger partial charge in [-0.05, 0) is 47.9 Å². The molecule has 0 aromatic heterocycles. The van der Waals surface area contributed by atoms with Gasteiger partial charge in [-0.25, -0.2) is 0 Å². The summed E-state index contributed by atoms with van der Waals surface area (Å²) >= 11 is 0. The zero-order chi connectivity index (χ0) is 20.8. The second-order valence-corrected chi connectivity index (χ2v) is 7.35. The lowest BCUT2D eigenvalue weighted by Gasteiger charge is -2.21. The van der Waals surface area contributed by atoms with Gasteiger partial charge in [0.25, 0.3) is 11.8 Å². The molecule has 2 amide bonds. The maximum Gasteiger partial charge on any atom is 0.282 e. The third-order valence-corrected chi connectivity index (χ3v) is 5.26. The number of carbonyl (C=O) groups excluding carboxylic acids is 2. The molecule has 0 saturated carbocycles. The van der Waals surface area contributed by atoms with E-state index in [2.05, 4.69) is 17.6 Å². The Morgan fingerprint density at radius 3 is 2.38 bits per heavy atom. The fourth-order valence-corrected chi connectivity index (χ4v) is 3.29. The highest BCUT2D eigenvalue weighted by Crippen LogP contribution is 2.19. The van der Waals surface area contributed by atoms with Gasteiger partial charge >= 0.3 is 0 Å². The number of carbonyl (C=O) groups is 2. The van der Waals surface area contributed by atoms with Crippen LogP contribution in [0.25, 0.3) is 10.8 Å². The molecule has 3 aromatic rings. The SMILES string of the molecule is CCc1ccccc1NC(=O)C[NH+](C)[C@@H](C)C(=O)Nc1ccc2ccccc2c1. The van der Waals surface area contributed by atoms with Gasteiger partial charge in [0.2, 0.25) is 0 Å². The Balaban J connectivity index is 1.58. The van der Waals surface area contributed by atoms with Crippen molar-refractivity contribution in [1.29, 1.82) is 0 Å². The molecule has 150 valence electrons. The zero-order valence-electron chi connectivity index (χ0n) is 17.2. The van der Waals surface area contributed by atoms with Crippen LogP contribution in [0.3, 0.4) is 0 Å². The van der Waals surface area contributed by atoms with E-state index >= 15 is 0 Å². The summed E-state index contributed by atoms with van der Waals surface area (Å²) in [5, 5.41) is 8.14. The number of quaternary nitrogens is 1. The van der Waals surface area contributed by atoms with E-state index in [9.17, 15) is 9.59 Å². The van der Waals surface area contributed by atoms with Crippen molar-refractivity contribution in [3.8, 4) is 0 Å². The molecule has 0 aliphatic heterocycles. The van der Waals surface area contributed by atoms with E-state index in [1.165, 1.54) is 0 Å². The molecule has 3 rings (SSSR count). The molecule has 0 aliphatic carbocycles. The summed E-state index contributed by atoms with van der Waals surface area (Å²) in [7, 11) is 1.86. The predicted octanol–water partition coefficient (Wildman–Crippen LogP) is 2.88. The largest absolute Gasteiger partial charge is 0.321 e. The smallest absolute Gasteiger partial charge is 0.282 e. The number of para-hydroxylation sites is 1. The quantitative estimate of drug-likeness (QED) is 0.581. The van der Waals surface area contributed by atoms with Gasteiger partial charge < -0.3 is 15.5 Å². The molecule has 3 aromatic carbocycles. The summed E-state index contributed by atoms with van der Waals surface area (Å²) in [6, 6.07) is 21.3. The topological polar surface area (TPSA) is 62.6 Å². The molecule has 0 bridgehead atoms. The third-order valence-electron chi connectivity index (χ3n) is 5.26. The minimum atomic E-state index is -0.367. The highest BCUT2D eigenvalue weighted by molar-refractivity contribution is 5.97. The van der Waals surface area contributed by atoms with Gasteiger partial charge in [-0.3, -0.25) is 9.59 Å². The first-order chi connectivity index (χ1) is 14.0. The van der Waals surface area contributed by atoms with E-state index in [0.717, 1.165) is 39.0 Å². The van der Waals surface area contributed by atoms with E-state index < -0.39 is 0 Å². The Labute approximate surface area is 171 Å². The number of anilines is 2. The van der Waals surface area contributed by atoms with Crippen molar-refractivity contribution in [2.75, 3.05) is 24.2 Å². The molecule has 0 fully saturated rings. The van der Waals surface area contributed by atoms with Crippen LogP contribution in [0.2, 0.25) is 0 Å². The average Bonchev–Trinajstić information content (AvgIpc) is 2.73. The number of hydrogen-bond donors (Lipinski definition) is 3. The Bertz CT molecular complexity index is 1020. The van der Waals surface area contributed by atoms with Gasteiger partial charge in [0.1, 0.15) is 0 Å². The molecule has 1 unspecified atom stereocenters. The van der Waals surface area contributed by atoms with Crippen molar-refractivity contribution in [3.05, 3.63) is 72.3 Å². The number of rotatable bonds is 7. The molecule has 3 N–H and O–H groups in total. The number of benzene rings is 3. The van der Waals surface area contributed by atoms with Gasteiger partial charge in [0, 0.05) is 11.4 Å². The highest BCUT2D eigenvalue weighted by atomic mass is 16.2. The maximum atomic E-state index is 12.7. The lowest BCUT2D eigenvalue weighted by Crippen LogP contribution is -3.14. The predicted molar refractivity (Wildman–Crippen MR) is 118 cm³/mol. The van der Waals surface area contributed by atoms with E-state index in [4.69, 9.17) is 0 Å². The van der Waals surface area contributed by atoms with Crippen molar-refractivity contribution in [1.82, 2.24) is 0 Å². The molecule has 0 saturated heterocycles. The zero-order valence-corrected chi connectivity index (χ0v) is 17.2. The molecule has 2 atom stereocenters. The van der Waals surface area contributed by atoms with Gasteiger partial charge in [-0.1, -0.05) is 55.5 Å². The van der Waals surface area contributed by atoms with Crippen molar-refractivity contribution in [3.63, 3.8) is 0 Å². The molecule has 0 aliphatic rings. The number of likely N-dealkylation sites (N-methyl/N-ethyl adjacent to an activating group) is 1. The molecule has 0 heterocycles. The standard InChI is InChI=1S/C24H27N3O2/c1-4-18-9-7-8-12-22(18)26-23(28)16-27(3)17(2)24(29)25-21-14-13-19-10-5-6-11-20(19)15-21/h5-15,17H,4,16H2,1-3H3,(H,25,29)(H,26,28)/p+1/t17-/m0/s1. The molecule has 0 spiro atoms. The van der Waals surface area contributed by atoms with Crippen LogP contribution >= 0.6 is 0 Å². The Kier molecular flexibility index (Phi) is 6.62. The third kappa shape index (κ3) is 5.21. The Hall–Kier alpha value is -3.18. The van der Waals surface area contributed by atoms with E-state index in [0.29, 0.717) is 0 Å². The van der Waals surface area contributed by atoms with Crippen LogP contribution in [0.5, 0.6) is 0 Å². The molecular formula is C24H28N3O2+. The van der Waals surface area contributed by atoms with E-state index in [1.54, 1.807) is 0 Å². The van der Waals surface area contributed by atoms with Crippen LogP contribution < -0.4 is 15.5 Å². The molecule has 29 heavy (non-hydrogen) atoms. The molecule has 5 heteroatoms. The molecular weight excluding hydrogens is 362 g/mol. The van der Waals surface area contributed by atoms with Crippen molar-refractivity contribution >= 4 is 34.0 Å². The van der Waals surface area contributed by atoms with Crippen LogP contribution in [0.15, 0.2) is 66.7 Å². The van der Waals surface area contributed by atoms with Gasteiger partial charge in [-0.15, -0.1) is 0 Å². The van der Waals surface area contributed by atoms with Crippen molar-refractivity contribution < 1.29 is 14.5 Å². The monoisotopic (exact) mass is 390 g/mol. The van der Waals surface area contributed by atoms with Gasteiger partial charge in [-0.2, -0.15) is 0 Å². The second kappa shape index (κ2) is 9.34. The minimum Gasteiger partial charge on any atom is -0.321 e. The first kappa shape index (κ1) is 20.6. The van der Waals surface area contributed by atoms with Crippen molar-refractivity contribution in [2.45, 2.75) is 26.3 Å². The molecule has 0 radical (unpaired) electrons. The summed E-state index contributed by atoms with van der Waals surface area (Å²) in [5.74, 6) is -0.215. The first-order valence-electron chi connectivity index (χ1n) is 9.97. The number of nitrogens with one attached hydrogen (secondary N) is 3. The number of aryl methyl sites for hydroxylation is 1. The highest BCUT2D eigenvalue weighted by Gasteiger charge is 2.24. The minimum absolute atomic E-state index is 0.103. The van der Waals surface area contributed by atoms with Crippen LogP contribution in [-0.2, 0) is 16.0 Å². The number of hydrogen-bond acceptors (Lipinski definition) is 2. The number of amides is 2. The summed E-state index contributed by atoms with van der Waals surface area (Å²) in [4.78, 5) is 26.0. The Morgan fingerprint density at radius 1 is 0.931 bits per heavy atom.